The number of anilines is 1. The molecule has 0 saturated heterocycles. The minimum absolute atomic E-state index is 0.0932. The third kappa shape index (κ3) is 2.94. The zero-order valence-corrected chi connectivity index (χ0v) is 11.5. The van der Waals surface area contributed by atoms with Gasteiger partial charge in [0.05, 0.1) is 10.5 Å². The molecule has 0 aliphatic rings. The van der Waals surface area contributed by atoms with Crippen LogP contribution in [0.5, 0.6) is 0 Å². The van der Waals surface area contributed by atoms with E-state index in [1.165, 1.54) is 12.1 Å². The summed E-state index contributed by atoms with van der Waals surface area (Å²) in [5.74, 6) is -1.18. The second-order valence-electron chi connectivity index (χ2n) is 4.25. The number of hydrogen-bond acceptors (Lipinski definition) is 5. The molecule has 0 atom stereocenters. The van der Waals surface area contributed by atoms with Crippen LogP contribution in [0.1, 0.15) is 15.9 Å². The third-order valence-corrected chi connectivity index (χ3v) is 3.56. The predicted octanol–water partition coefficient (Wildman–Crippen LogP) is 2.99. The van der Waals surface area contributed by atoms with E-state index in [1.807, 2.05) is 16.8 Å². The molecule has 7 heteroatoms. The molecule has 1 aromatic carbocycles. The Morgan fingerprint density at radius 3 is 2.75 bits per heavy atom. The molecule has 2 rings (SSSR count). The summed E-state index contributed by atoms with van der Waals surface area (Å²) in [5.41, 5.74) is 1.15. The average Bonchev–Trinajstić information content (AvgIpc) is 2.90. The van der Waals surface area contributed by atoms with Gasteiger partial charge < -0.3 is 10.0 Å². The standard InChI is InChI=1S/C13H12N2O4S/c1-14(7-9-4-5-20-8-9)11-3-2-10(13(16)17)6-12(11)15(18)19/h2-6,8H,7H2,1H3,(H,16,17). The number of hydrogen-bond donors (Lipinski definition) is 1. The van der Waals surface area contributed by atoms with Gasteiger partial charge in [-0.3, -0.25) is 10.1 Å². The normalized spacial score (nSPS) is 10.2. The highest BCUT2D eigenvalue weighted by molar-refractivity contribution is 7.07. The summed E-state index contributed by atoms with van der Waals surface area (Å²) in [6.07, 6.45) is 0. The van der Waals surface area contributed by atoms with Gasteiger partial charge in [-0.25, -0.2) is 4.79 Å². The van der Waals surface area contributed by atoms with Crippen molar-refractivity contribution in [3.05, 3.63) is 56.3 Å². The number of nitro groups is 1. The molecule has 0 spiro atoms. The van der Waals surface area contributed by atoms with E-state index in [-0.39, 0.29) is 11.3 Å². The average molecular weight is 292 g/mol. The van der Waals surface area contributed by atoms with Crippen molar-refractivity contribution in [2.75, 3.05) is 11.9 Å². The van der Waals surface area contributed by atoms with Crippen molar-refractivity contribution < 1.29 is 14.8 Å². The first-order valence-corrected chi connectivity index (χ1v) is 6.67. The number of carboxylic acid groups (broad SMARTS) is 1. The molecular weight excluding hydrogens is 280 g/mol. The molecule has 0 bridgehead atoms. The van der Waals surface area contributed by atoms with E-state index in [9.17, 15) is 14.9 Å². The van der Waals surface area contributed by atoms with Gasteiger partial charge in [-0.1, -0.05) is 0 Å². The van der Waals surface area contributed by atoms with Crippen molar-refractivity contribution in [1.29, 1.82) is 0 Å². The molecule has 0 aliphatic carbocycles. The quantitative estimate of drug-likeness (QED) is 0.676. The molecule has 1 N–H and O–H groups in total. The highest BCUT2D eigenvalue weighted by Gasteiger charge is 2.20. The van der Waals surface area contributed by atoms with Gasteiger partial charge >= 0.3 is 5.97 Å². The van der Waals surface area contributed by atoms with Crippen LogP contribution >= 0.6 is 11.3 Å². The maximum Gasteiger partial charge on any atom is 0.335 e. The minimum atomic E-state index is -1.18. The van der Waals surface area contributed by atoms with Crippen molar-refractivity contribution in [1.82, 2.24) is 0 Å². The SMILES string of the molecule is CN(Cc1ccsc1)c1ccc(C(=O)O)cc1[N+](=O)[O-]. The van der Waals surface area contributed by atoms with E-state index in [0.717, 1.165) is 11.6 Å². The summed E-state index contributed by atoms with van der Waals surface area (Å²) in [4.78, 5) is 23.1. The van der Waals surface area contributed by atoms with Crippen LogP contribution in [-0.4, -0.2) is 23.0 Å². The van der Waals surface area contributed by atoms with Gasteiger partial charge in [-0.2, -0.15) is 11.3 Å². The molecule has 6 nitrogen and oxygen atoms in total. The van der Waals surface area contributed by atoms with Gasteiger partial charge in [0.25, 0.3) is 5.69 Å². The van der Waals surface area contributed by atoms with Crippen molar-refractivity contribution in [3.63, 3.8) is 0 Å². The van der Waals surface area contributed by atoms with Crippen molar-refractivity contribution in [2.45, 2.75) is 6.54 Å². The van der Waals surface area contributed by atoms with Crippen LogP contribution in [0.2, 0.25) is 0 Å². The fraction of sp³-hybridized carbons (Fsp3) is 0.154. The van der Waals surface area contributed by atoms with E-state index in [1.54, 1.807) is 23.3 Å². The molecule has 104 valence electrons. The van der Waals surface area contributed by atoms with Crippen LogP contribution in [0.4, 0.5) is 11.4 Å². The van der Waals surface area contributed by atoms with Crippen LogP contribution < -0.4 is 4.90 Å². The van der Waals surface area contributed by atoms with Gasteiger partial charge in [0, 0.05) is 19.7 Å². The molecule has 1 aromatic heterocycles. The molecule has 0 aliphatic heterocycles. The number of nitro benzene ring substituents is 1. The van der Waals surface area contributed by atoms with Gasteiger partial charge in [-0.05, 0) is 34.5 Å². The zero-order chi connectivity index (χ0) is 14.7. The first kappa shape index (κ1) is 14.0. The van der Waals surface area contributed by atoms with Crippen molar-refractivity contribution >= 4 is 28.7 Å². The van der Waals surface area contributed by atoms with Gasteiger partial charge in [0.1, 0.15) is 5.69 Å². The largest absolute Gasteiger partial charge is 0.478 e. The molecule has 1 heterocycles. The molecule has 0 fully saturated rings. The Balaban J connectivity index is 2.35. The Labute approximate surface area is 119 Å². The summed E-state index contributed by atoms with van der Waals surface area (Å²) < 4.78 is 0. The number of thiophene rings is 1. The molecule has 2 aromatic rings. The fourth-order valence-electron chi connectivity index (χ4n) is 1.87. The number of aromatic carboxylic acids is 1. The smallest absolute Gasteiger partial charge is 0.335 e. The summed E-state index contributed by atoms with van der Waals surface area (Å²) >= 11 is 1.56. The molecule has 20 heavy (non-hydrogen) atoms. The molecule has 0 saturated carbocycles. The predicted molar refractivity (Wildman–Crippen MR) is 76.5 cm³/mol. The molecular formula is C13H12N2O4S. The van der Waals surface area contributed by atoms with Crippen LogP contribution in [0.15, 0.2) is 35.0 Å². The van der Waals surface area contributed by atoms with E-state index >= 15 is 0 Å². The number of nitrogens with zero attached hydrogens (tertiary/aromatic N) is 2. The first-order valence-electron chi connectivity index (χ1n) is 5.73. The Morgan fingerprint density at radius 2 is 2.20 bits per heavy atom. The van der Waals surface area contributed by atoms with Crippen LogP contribution in [0.3, 0.4) is 0 Å². The zero-order valence-electron chi connectivity index (χ0n) is 10.6. The Hall–Kier alpha value is -2.41. The van der Waals surface area contributed by atoms with Crippen LogP contribution in [0, 0.1) is 10.1 Å². The third-order valence-electron chi connectivity index (χ3n) is 2.83. The van der Waals surface area contributed by atoms with Crippen LogP contribution in [0.25, 0.3) is 0 Å². The summed E-state index contributed by atoms with van der Waals surface area (Å²) in [5, 5.41) is 23.9. The maximum absolute atomic E-state index is 11.1. The van der Waals surface area contributed by atoms with E-state index in [0.29, 0.717) is 12.2 Å². The van der Waals surface area contributed by atoms with Crippen molar-refractivity contribution in [3.8, 4) is 0 Å². The Kier molecular flexibility index (Phi) is 3.99. The highest BCUT2D eigenvalue weighted by atomic mass is 32.1. The molecule has 0 unspecified atom stereocenters. The second-order valence-corrected chi connectivity index (χ2v) is 5.03. The fourth-order valence-corrected chi connectivity index (χ4v) is 2.53. The Bertz CT molecular complexity index is 640. The number of rotatable bonds is 5. The molecule has 0 radical (unpaired) electrons. The van der Waals surface area contributed by atoms with E-state index in [4.69, 9.17) is 5.11 Å². The summed E-state index contributed by atoms with van der Waals surface area (Å²) in [6.45, 7) is 0.525. The van der Waals surface area contributed by atoms with E-state index < -0.39 is 10.9 Å². The second kappa shape index (κ2) is 5.70. The van der Waals surface area contributed by atoms with Crippen LogP contribution in [-0.2, 0) is 6.54 Å². The van der Waals surface area contributed by atoms with E-state index in [2.05, 4.69) is 0 Å². The van der Waals surface area contributed by atoms with Gasteiger partial charge in [0.15, 0.2) is 0 Å². The monoisotopic (exact) mass is 292 g/mol. The lowest BCUT2D eigenvalue weighted by Crippen LogP contribution is -2.17. The van der Waals surface area contributed by atoms with Gasteiger partial charge in [0.2, 0.25) is 0 Å². The first-order chi connectivity index (χ1) is 9.49. The Morgan fingerprint density at radius 1 is 1.45 bits per heavy atom. The lowest BCUT2D eigenvalue weighted by Gasteiger charge is -2.18. The number of carbonyl (C=O) groups is 1. The topological polar surface area (TPSA) is 83.7 Å². The maximum atomic E-state index is 11.1. The van der Waals surface area contributed by atoms with Gasteiger partial charge in [-0.15, -0.1) is 0 Å². The summed E-state index contributed by atoms with van der Waals surface area (Å²) in [7, 11) is 1.74. The number of carboxylic acids is 1. The van der Waals surface area contributed by atoms with Crippen molar-refractivity contribution in [2.24, 2.45) is 0 Å². The molecule has 0 amide bonds. The highest BCUT2D eigenvalue weighted by Crippen LogP contribution is 2.29. The summed E-state index contributed by atoms with van der Waals surface area (Å²) in [6, 6.07) is 5.86. The minimum Gasteiger partial charge on any atom is -0.478 e. The number of benzene rings is 1. The lowest BCUT2D eigenvalue weighted by atomic mass is 10.1. The lowest BCUT2D eigenvalue weighted by molar-refractivity contribution is -0.384.